The van der Waals surface area contributed by atoms with Crippen LogP contribution in [0.1, 0.15) is 24.1 Å². The Morgan fingerprint density at radius 1 is 1.10 bits per heavy atom. The van der Waals surface area contributed by atoms with Crippen molar-refractivity contribution in [3.8, 4) is 5.75 Å². The molecule has 4 heteroatoms. The van der Waals surface area contributed by atoms with Crippen molar-refractivity contribution in [2.24, 2.45) is 0 Å². The van der Waals surface area contributed by atoms with Gasteiger partial charge < -0.3 is 10.1 Å². The maximum absolute atomic E-state index is 5.26. The summed E-state index contributed by atoms with van der Waals surface area (Å²) in [7, 11) is 1.67. The van der Waals surface area contributed by atoms with Crippen LogP contribution in [0, 0.1) is 6.92 Å². The molecule has 0 spiro atoms. The molecule has 0 aliphatic rings. The second-order valence-corrected chi connectivity index (χ2v) is 6.49. The van der Waals surface area contributed by atoms with Gasteiger partial charge in [-0.15, -0.1) is 0 Å². The number of nitrogens with one attached hydrogen (secondary N) is 1. The van der Waals surface area contributed by atoms with Crippen molar-refractivity contribution in [1.29, 1.82) is 0 Å². The molecule has 0 radical (unpaired) electrons. The highest BCUT2D eigenvalue weighted by Crippen LogP contribution is 2.30. The monoisotopic (exact) mass is 397 g/mol. The van der Waals surface area contributed by atoms with E-state index in [-0.39, 0.29) is 6.04 Å². The first-order valence-electron chi connectivity index (χ1n) is 6.37. The summed E-state index contributed by atoms with van der Waals surface area (Å²) in [6.07, 6.45) is 0. The molecule has 2 rings (SSSR count). The summed E-state index contributed by atoms with van der Waals surface area (Å²) in [6.45, 7) is 4.25. The fraction of sp³-hybridized carbons (Fsp3) is 0.250. The smallest absolute Gasteiger partial charge is 0.133 e. The lowest BCUT2D eigenvalue weighted by Crippen LogP contribution is -2.07. The molecule has 2 aromatic rings. The van der Waals surface area contributed by atoms with Gasteiger partial charge in [-0.25, -0.2) is 0 Å². The van der Waals surface area contributed by atoms with E-state index in [4.69, 9.17) is 4.74 Å². The molecule has 1 N–H and O–H groups in total. The SMILES string of the molecule is COc1ccc(C(C)Nc2cc(Br)ccc2C)cc1Br. The minimum Gasteiger partial charge on any atom is -0.496 e. The van der Waals surface area contributed by atoms with Crippen LogP contribution >= 0.6 is 31.9 Å². The molecule has 0 fully saturated rings. The van der Waals surface area contributed by atoms with Crippen LogP contribution < -0.4 is 10.1 Å². The van der Waals surface area contributed by atoms with Crippen LogP contribution in [-0.2, 0) is 0 Å². The van der Waals surface area contributed by atoms with Gasteiger partial charge in [0.1, 0.15) is 5.75 Å². The average molecular weight is 399 g/mol. The van der Waals surface area contributed by atoms with Crippen molar-refractivity contribution in [3.63, 3.8) is 0 Å². The first-order chi connectivity index (χ1) is 9.51. The zero-order chi connectivity index (χ0) is 14.7. The molecule has 0 aromatic heterocycles. The Hall–Kier alpha value is -1.00. The highest BCUT2D eigenvalue weighted by molar-refractivity contribution is 9.10. The van der Waals surface area contributed by atoms with E-state index in [1.165, 1.54) is 11.1 Å². The molecule has 2 aromatic carbocycles. The first-order valence-corrected chi connectivity index (χ1v) is 7.96. The van der Waals surface area contributed by atoms with Crippen molar-refractivity contribution in [1.82, 2.24) is 0 Å². The van der Waals surface area contributed by atoms with Crippen molar-refractivity contribution in [2.75, 3.05) is 12.4 Å². The van der Waals surface area contributed by atoms with Gasteiger partial charge in [-0.1, -0.05) is 28.1 Å². The molecule has 0 heterocycles. The predicted octanol–water partition coefficient (Wildman–Crippen LogP) is 5.70. The van der Waals surface area contributed by atoms with E-state index in [1.54, 1.807) is 7.11 Å². The quantitative estimate of drug-likeness (QED) is 0.712. The highest BCUT2D eigenvalue weighted by Gasteiger charge is 2.09. The summed E-state index contributed by atoms with van der Waals surface area (Å²) < 4.78 is 7.31. The lowest BCUT2D eigenvalue weighted by Gasteiger charge is -2.18. The molecule has 0 bridgehead atoms. The normalized spacial score (nSPS) is 12.1. The van der Waals surface area contributed by atoms with Gasteiger partial charge in [0, 0.05) is 16.2 Å². The number of aryl methyl sites for hydroxylation is 1. The van der Waals surface area contributed by atoms with Crippen molar-refractivity contribution >= 4 is 37.5 Å². The maximum atomic E-state index is 5.26. The van der Waals surface area contributed by atoms with Gasteiger partial charge in [0.05, 0.1) is 11.6 Å². The summed E-state index contributed by atoms with van der Waals surface area (Å²) in [5, 5.41) is 3.54. The van der Waals surface area contributed by atoms with Crippen LogP contribution in [0.15, 0.2) is 45.3 Å². The Kier molecular flexibility index (Phi) is 5.11. The second kappa shape index (κ2) is 6.64. The predicted molar refractivity (Wildman–Crippen MR) is 91.6 cm³/mol. The number of benzene rings is 2. The molecule has 2 nitrogen and oxygen atoms in total. The number of hydrogen-bond donors (Lipinski definition) is 1. The van der Waals surface area contributed by atoms with Crippen molar-refractivity contribution < 1.29 is 4.74 Å². The largest absolute Gasteiger partial charge is 0.496 e. The summed E-state index contributed by atoms with van der Waals surface area (Å²) >= 11 is 7.04. The zero-order valence-corrected chi connectivity index (χ0v) is 14.9. The van der Waals surface area contributed by atoms with Gasteiger partial charge in [-0.3, -0.25) is 0 Å². The van der Waals surface area contributed by atoms with Crippen LogP contribution in [0.5, 0.6) is 5.75 Å². The maximum Gasteiger partial charge on any atom is 0.133 e. The van der Waals surface area contributed by atoms with Crippen LogP contribution in [-0.4, -0.2) is 7.11 Å². The van der Waals surface area contributed by atoms with E-state index >= 15 is 0 Å². The summed E-state index contributed by atoms with van der Waals surface area (Å²) in [5.74, 6) is 0.847. The van der Waals surface area contributed by atoms with Gasteiger partial charge in [-0.05, 0) is 65.2 Å². The molecule has 1 unspecified atom stereocenters. The minimum absolute atomic E-state index is 0.213. The Morgan fingerprint density at radius 2 is 1.85 bits per heavy atom. The van der Waals surface area contributed by atoms with E-state index in [2.05, 4.69) is 81.4 Å². The first kappa shape index (κ1) is 15.4. The van der Waals surface area contributed by atoms with E-state index in [9.17, 15) is 0 Å². The second-order valence-electron chi connectivity index (χ2n) is 4.72. The number of hydrogen-bond acceptors (Lipinski definition) is 2. The van der Waals surface area contributed by atoms with E-state index in [0.29, 0.717) is 0 Å². The zero-order valence-electron chi connectivity index (χ0n) is 11.7. The summed E-state index contributed by atoms with van der Waals surface area (Å²) in [6, 6.07) is 12.6. The standard InChI is InChI=1S/C16H17Br2NO/c1-10-4-6-13(17)9-15(10)19-11(2)12-5-7-16(20-3)14(18)8-12/h4-9,11,19H,1-3H3. The summed E-state index contributed by atoms with van der Waals surface area (Å²) in [5.41, 5.74) is 3.57. The van der Waals surface area contributed by atoms with E-state index in [0.717, 1.165) is 20.4 Å². The Labute approximate surface area is 136 Å². The molecule has 0 aliphatic carbocycles. The van der Waals surface area contributed by atoms with E-state index < -0.39 is 0 Å². The van der Waals surface area contributed by atoms with Gasteiger partial charge in [0.25, 0.3) is 0 Å². The molecular weight excluding hydrogens is 382 g/mol. The van der Waals surface area contributed by atoms with Crippen LogP contribution in [0.4, 0.5) is 5.69 Å². The third-order valence-corrected chi connectivity index (χ3v) is 4.36. The fourth-order valence-electron chi connectivity index (χ4n) is 2.02. The van der Waals surface area contributed by atoms with Gasteiger partial charge in [0.15, 0.2) is 0 Å². The highest BCUT2D eigenvalue weighted by atomic mass is 79.9. The lowest BCUT2D eigenvalue weighted by molar-refractivity contribution is 0.412. The number of anilines is 1. The number of methoxy groups -OCH3 is 1. The van der Waals surface area contributed by atoms with Crippen LogP contribution in [0.2, 0.25) is 0 Å². The lowest BCUT2D eigenvalue weighted by atomic mass is 10.1. The molecule has 0 saturated heterocycles. The third kappa shape index (κ3) is 3.55. The molecule has 106 valence electrons. The van der Waals surface area contributed by atoms with Gasteiger partial charge in [-0.2, -0.15) is 0 Å². The third-order valence-electron chi connectivity index (χ3n) is 3.25. The number of halogens is 2. The number of rotatable bonds is 4. The Bertz CT molecular complexity index is 613. The average Bonchev–Trinajstić information content (AvgIpc) is 2.42. The number of ether oxygens (including phenoxy) is 1. The fourth-order valence-corrected chi connectivity index (χ4v) is 2.94. The summed E-state index contributed by atoms with van der Waals surface area (Å²) in [4.78, 5) is 0. The molecule has 0 aliphatic heterocycles. The molecule has 0 saturated carbocycles. The van der Waals surface area contributed by atoms with Crippen molar-refractivity contribution in [2.45, 2.75) is 19.9 Å². The molecular formula is C16H17Br2NO. The van der Waals surface area contributed by atoms with Crippen molar-refractivity contribution in [3.05, 3.63) is 56.5 Å². The van der Waals surface area contributed by atoms with Gasteiger partial charge in [0.2, 0.25) is 0 Å². The Balaban J connectivity index is 2.21. The molecule has 0 amide bonds. The minimum atomic E-state index is 0.213. The topological polar surface area (TPSA) is 21.3 Å². The van der Waals surface area contributed by atoms with Crippen LogP contribution in [0.3, 0.4) is 0 Å². The molecule has 20 heavy (non-hydrogen) atoms. The van der Waals surface area contributed by atoms with Gasteiger partial charge >= 0.3 is 0 Å². The van der Waals surface area contributed by atoms with Crippen LogP contribution in [0.25, 0.3) is 0 Å². The molecule has 1 atom stereocenters. The van der Waals surface area contributed by atoms with E-state index in [1.807, 2.05) is 6.07 Å². The Morgan fingerprint density at radius 3 is 2.50 bits per heavy atom.